The molecule has 1 amide bonds. The summed E-state index contributed by atoms with van der Waals surface area (Å²) >= 11 is 0. The van der Waals surface area contributed by atoms with Gasteiger partial charge in [0.05, 0.1) is 13.4 Å². The van der Waals surface area contributed by atoms with Gasteiger partial charge in [-0.15, -0.1) is 0 Å². The maximum absolute atomic E-state index is 13.2. The van der Waals surface area contributed by atoms with Gasteiger partial charge in [-0.25, -0.2) is 19.7 Å². The molecular formula is C19H24N6O8. The van der Waals surface area contributed by atoms with Gasteiger partial charge in [-0.2, -0.15) is 0 Å². The van der Waals surface area contributed by atoms with Crippen molar-refractivity contribution in [2.45, 2.75) is 55.3 Å². The standard InChI is InChI=1S/C19H24N6O8/c1-4-31-8-5-18(24(2)16(28)19(8,33-18)17(29)30-3)12-10(26)11(27)15(32-12)25-7-23-9-13(20)21-6-22-14(9)25/h6-8,10-12,15,26-27H,4-5H2,1-3H3,(H2,20,21,22)/t8-,10-,11+,12-,15+,18+,19+/m0/s1. The van der Waals surface area contributed by atoms with Crippen molar-refractivity contribution in [3.05, 3.63) is 12.7 Å². The van der Waals surface area contributed by atoms with Gasteiger partial charge in [0.25, 0.3) is 11.5 Å². The van der Waals surface area contributed by atoms with Crippen LogP contribution in [0.5, 0.6) is 0 Å². The Morgan fingerprint density at radius 1 is 1.33 bits per heavy atom. The maximum Gasteiger partial charge on any atom is 0.351 e. The zero-order valence-corrected chi connectivity index (χ0v) is 18.1. The van der Waals surface area contributed by atoms with Crippen molar-refractivity contribution in [2.75, 3.05) is 26.5 Å². The zero-order valence-electron chi connectivity index (χ0n) is 18.1. The third-order valence-corrected chi connectivity index (χ3v) is 6.66. The van der Waals surface area contributed by atoms with E-state index in [0.29, 0.717) is 5.52 Å². The minimum Gasteiger partial charge on any atom is -0.466 e. The molecule has 0 spiro atoms. The van der Waals surface area contributed by atoms with Gasteiger partial charge in [-0.3, -0.25) is 9.36 Å². The van der Waals surface area contributed by atoms with Crippen LogP contribution in [0.2, 0.25) is 0 Å². The highest BCUT2D eigenvalue weighted by Gasteiger charge is 2.79. The van der Waals surface area contributed by atoms with E-state index in [1.807, 2.05) is 0 Å². The van der Waals surface area contributed by atoms with Crippen LogP contribution in [0.1, 0.15) is 19.6 Å². The highest BCUT2D eigenvalue weighted by Crippen LogP contribution is 2.55. The number of likely N-dealkylation sites (tertiary alicyclic amines) is 1. The van der Waals surface area contributed by atoms with E-state index in [1.165, 1.54) is 29.2 Å². The number of carbonyl (C=O) groups is 2. The van der Waals surface area contributed by atoms with Gasteiger partial charge < -0.3 is 39.8 Å². The first-order valence-corrected chi connectivity index (χ1v) is 10.4. The van der Waals surface area contributed by atoms with E-state index >= 15 is 0 Å². The lowest BCUT2D eigenvalue weighted by Crippen LogP contribution is -2.62. The number of aliphatic hydroxyl groups excluding tert-OH is 2. The number of piperidine rings is 1. The molecule has 5 rings (SSSR count). The Bertz CT molecular complexity index is 1130. The highest BCUT2D eigenvalue weighted by atomic mass is 16.7. The van der Waals surface area contributed by atoms with Crippen LogP contribution in [0.25, 0.3) is 11.2 Å². The molecule has 33 heavy (non-hydrogen) atoms. The molecular weight excluding hydrogens is 440 g/mol. The SMILES string of the molecule is CCO[C@H]1C[C@]2([C@H]3O[C@@H](n4cnc5c(N)ncnc54)[C@H](O)[C@@H]3O)O[C@@]1(C(=O)OC)C(=O)N2C. The van der Waals surface area contributed by atoms with Crippen molar-refractivity contribution in [3.63, 3.8) is 0 Å². The van der Waals surface area contributed by atoms with Crippen LogP contribution in [0.15, 0.2) is 12.7 Å². The molecule has 14 heteroatoms. The van der Waals surface area contributed by atoms with E-state index in [-0.39, 0.29) is 24.5 Å². The van der Waals surface area contributed by atoms with Crippen LogP contribution in [0.3, 0.4) is 0 Å². The Morgan fingerprint density at radius 2 is 2.09 bits per heavy atom. The van der Waals surface area contributed by atoms with Crippen molar-refractivity contribution >= 4 is 28.9 Å². The molecule has 5 heterocycles. The summed E-state index contributed by atoms with van der Waals surface area (Å²) in [6.45, 7) is 1.93. The fourth-order valence-corrected chi connectivity index (χ4v) is 5.08. The average Bonchev–Trinajstić information content (AvgIpc) is 3.51. The van der Waals surface area contributed by atoms with Gasteiger partial charge in [0.1, 0.15) is 36.3 Å². The molecule has 178 valence electrons. The van der Waals surface area contributed by atoms with Crippen molar-refractivity contribution in [3.8, 4) is 0 Å². The number of nitrogens with zero attached hydrogens (tertiary/aromatic N) is 5. The fraction of sp³-hybridized carbons (Fsp3) is 0.632. The molecule has 7 atom stereocenters. The first kappa shape index (κ1) is 21.9. The van der Waals surface area contributed by atoms with Gasteiger partial charge in [0.15, 0.2) is 23.4 Å². The van der Waals surface area contributed by atoms with Gasteiger partial charge in [0, 0.05) is 20.1 Å². The molecule has 0 unspecified atom stereocenters. The topological polar surface area (TPSA) is 184 Å². The summed E-state index contributed by atoms with van der Waals surface area (Å²) in [5, 5.41) is 21.9. The Kier molecular flexibility index (Phi) is 4.84. The Morgan fingerprint density at radius 3 is 2.79 bits per heavy atom. The Balaban J connectivity index is 1.54. The number of likely N-dealkylation sites (N-methyl/N-ethyl adjacent to an activating group) is 1. The lowest BCUT2D eigenvalue weighted by atomic mass is 9.85. The number of carbonyl (C=O) groups excluding carboxylic acids is 2. The number of nitrogen functional groups attached to an aromatic ring is 1. The molecule has 3 fully saturated rings. The summed E-state index contributed by atoms with van der Waals surface area (Å²) in [4.78, 5) is 39.3. The van der Waals surface area contributed by atoms with E-state index < -0.39 is 53.8 Å². The number of esters is 1. The molecule has 3 aliphatic heterocycles. The monoisotopic (exact) mass is 464 g/mol. The molecule has 0 radical (unpaired) electrons. The lowest BCUT2D eigenvalue weighted by Gasteiger charge is -2.40. The zero-order chi connectivity index (χ0) is 23.7. The number of nitrogens with two attached hydrogens (primary N) is 1. The summed E-state index contributed by atoms with van der Waals surface area (Å²) in [7, 11) is 2.58. The second-order valence-electron chi connectivity index (χ2n) is 8.20. The number of rotatable bonds is 5. The van der Waals surface area contributed by atoms with Crippen molar-refractivity contribution in [2.24, 2.45) is 0 Å². The van der Waals surface area contributed by atoms with Gasteiger partial charge >= 0.3 is 5.97 Å². The second kappa shape index (κ2) is 7.30. The third-order valence-electron chi connectivity index (χ3n) is 6.66. The summed E-state index contributed by atoms with van der Waals surface area (Å²) in [5.41, 5.74) is 2.80. The Labute approximate surface area is 187 Å². The smallest absolute Gasteiger partial charge is 0.351 e. The largest absolute Gasteiger partial charge is 0.466 e. The first-order chi connectivity index (χ1) is 15.7. The van der Waals surface area contributed by atoms with Gasteiger partial charge in [-0.1, -0.05) is 0 Å². The second-order valence-corrected chi connectivity index (χ2v) is 8.20. The van der Waals surface area contributed by atoms with Crippen LogP contribution >= 0.6 is 0 Å². The number of hydrogen-bond donors (Lipinski definition) is 3. The summed E-state index contributed by atoms with van der Waals surface area (Å²) in [5.74, 6) is -1.44. The molecule has 2 aromatic rings. The lowest BCUT2D eigenvalue weighted by molar-refractivity contribution is -0.203. The molecule has 2 aromatic heterocycles. The van der Waals surface area contributed by atoms with Crippen molar-refractivity contribution in [1.29, 1.82) is 0 Å². The molecule has 3 saturated heterocycles. The number of anilines is 1. The minimum absolute atomic E-state index is 0.0130. The van der Waals surface area contributed by atoms with Crippen LogP contribution in [0.4, 0.5) is 5.82 Å². The summed E-state index contributed by atoms with van der Waals surface area (Å²) in [6.07, 6.45) is -3.65. The normalized spacial score (nSPS) is 37.9. The molecule has 14 nitrogen and oxygen atoms in total. The molecule has 3 aliphatic rings. The predicted octanol–water partition coefficient (Wildman–Crippen LogP) is -2.07. The van der Waals surface area contributed by atoms with Crippen LogP contribution in [-0.4, -0.2) is 103 Å². The van der Waals surface area contributed by atoms with Crippen molar-refractivity contribution in [1.82, 2.24) is 24.4 Å². The van der Waals surface area contributed by atoms with Crippen LogP contribution in [-0.2, 0) is 28.5 Å². The number of methoxy groups -OCH3 is 1. The average molecular weight is 464 g/mol. The number of imidazole rings is 1. The molecule has 2 bridgehead atoms. The molecule has 0 aromatic carbocycles. The number of ether oxygens (including phenoxy) is 4. The number of aliphatic hydroxyl groups is 2. The summed E-state index contributed by atoms with van der Waals surface area (Å²) in [6, 6.07) is 0. The van der Waals surface area contributed by atoms with E-state index in [9.17, 15) is 19.8 Å². The molecule has 0 aliphatic carbocycles. The molecule has 0 saturated carbocycles. The molecule has 4 N–H and O–H groups in total. The van der Waals surface area contributed by atoms with E-state index in [2.05, 4.69) is 15.0 Å². The van der Waals surface area contributed by atoms with Gasteiger partial charge in [0.2, 0.25) is 0 Å². The van der Waals surface area contributed by atoms with E-state index in [1.54, 1.807) is 6.92 Å². The number of amides is 1. The Hall–Kier alpha value is -2.91. The number of fused-ring (bicyclic) bond motifs is 3. The quantitative estimate of drug-likeness (QED) is 0.325. The van der Waals surface area contributed by atoms with E-state index in [4.69, 9.17) is 24.7 Å². The third kappa shape index (κ3) is 2.63. The highest BCUT2D eigenvalue weighted by molar-refractivity contribution is 6.09. The number of hydrogen-bond acceptors (Lipinski definition) is 12. The van der Waals surface area contributed by atoms with Gasteiger partial charge in [-0.05, 0) is 6.92 Å². The fourth-order valence-electron chi connectivity index (χ4n) is 5.08. The summed E-state index contributed by atoms with van der Waals surface area (Å²) < 4.78 is 24.1. The van der Waals surface area contributed by atoms with E-state index in [0.717, 1.165) is 7.11 Å². The minimum atomic E-state index is -2.03. The maximum atomic E-state index is 13.2. The first-order valence-electron chi connectivity index (χ1n) is 10.4. The van der Waals surface area contributed by atoms with Crippen LogP contribution in [0, 0.1) is 0 Å². The van der Waals surface area contributed by atoms with Crippen molar-refractivity contribution < 1.29 is 38.7 Å². The predicted molar refractivity (Wildman–Crippen MR) is 107 cm³/mol. The number of aromatic nitrogens is 4. The van der Waals surface area contributed by atoms with Crippen LogP contribution < -0.4 is 5.73 Å².